The Morgan fingerprint density at radius 2 is 2.00 bits per heavy atom. The van der Waals surface area contributed by atoms with Crippen LogP contribution < -0.4 is 5.32 Å². The van der Waals surface area contributed by atoms with Crippen LogP contribution in [0.4, 0.5) is 4.39 Å². The molecule has 1 fully saturated rings. The Balaban J connectivity index is 0.00000176. The van der Waals surface area contributed by atoms with Crippen LogP contribution in [0.15, 0.2) is 33.7 Å². The Morgan fingerprint density at radius 1 is 1.32 bits per heavy atom. The first-order valence-electron chi connectivity index (χ1n) is 6.45. The summed E-state index contributed by atoms with van der Waals surface area (Å²) in [6.45, 7) is 0.283. The minimum absolute atomic E-state index is 0. The van der Waals surface area contributed by atoms with Crippen molar-refractivity contribution < 1.29 is 17.3 Å². The van der Waals surface area contributed by atoms with Gasteiger partial charge in [0.25, 0.3) is 0 Å². The first-order chi connectivity index (χ1) is 9.93. The van der Waals surface area contributed by atoms with Gasteiger partial charge < -0.3 is 9.84 Å². The number of nitrogens with one attached hydrogen (secondary N) is 1. The van der Waals surface area contributed by atoms with Crippen LogP contribution in [0.3, 0.4) is 0 Å². The molecule has 6 nitrogen and oxygen atoms in total. The molecular weight excluding hydrogens is 333 g/mol. The van der Waals surface area contributed by atoms with Gasteiger partial charge in [0.15, 0.2) is 9.84 Å². The predicted molar refractivity (Wildman–Crippen MR) is 80.3 cm³/mol. The largest absolute Gasteiger partial charge is 0.337 e. The Morgan fingerprint density at radius 3 is 2.55 bits per heavy atom. The number of sulfone groups is 1. The van der Waals surface area contributed by atoms with E-state index in [1.807, 2.05) is 0 Å². The van der Waals surface area contributed by atoms with Crippen molar-refractivity contribution in [3.8, 4) is 11.4 Å². The summed E-state index contributed by atoms with van der Waals surface area (Å²) in [5, 5.41) is 6.82. The molecule has 0 radical (unpaired) electrons. The highest BCUT2D eigenvalue weighted by Crippen LogP contribution is 2.26. The molecule has 1 aliphatic heterocycles. The van der Waals surface area contributed by atoms with Gasteiger partial charge in [0.1, 0.15) is 6.17 Å². The average molecular weight is 348 g/mol. The summed E-state index contributed by atoms with van der Waals surface area (Å²) in [5.41, 5.74) is 0.646. The van der Waals surface area contributed by atoms with Crippen LogP contribution in [-0.4, -0.2) is 37.5 Å². The Hall–Kier alpha value is -1.51. The highest BCUT2D eigenvalue weighted by Gasteiger charge is 2.29. The van der Waals surface area contributed by atoms with Crippen LogP contribution in [0.1, 0.15) is 18.4 Å². The van der Waals surface area contributed by atoms with E-state index in [0.29, 0.717) is 23.7 Å². The number of aromatic nitrogens is 2. The average Bonchev–Trinajstić information content (AvgIpc) is 3.06. The predicted octanol–water partition coefficient (Wildman–Crippen LogP) is 1.93. The van der Waals surface area contributed by atoms with Crippen molar-refractivity contribution in [1.82, 2.24) is 15.5 Å². The van der Waals surface area contributed by atoms with Crippen molar-refractivity contribution in [3.63, 3.8) is 0 Å². The molecule has 0 unspecified atom stereocenters. The quantitative estimate of drug-likeness (QED) is 0.913. The second kappa shape index (κ2) is 6.31. The SMILES string of the molecule is CS(=O)(=O)c1ccc(-c2noc([C@H]3C[C@H](F)CN3)n2)cc1.Cl. The molecule has 0 bridgehead atoms. The maximum absolute atomic E-state index is 13.1. The van der Waals surface area contributed by atoms with Crippen LogP contribution in [0.25, 0.3) is 11.4 Å². The van der Waals surface area contributed by atoms with E-state index in [0.717, 1.165) is 6.26 Å². The molecule has 0 saturated carbocycles. The number of rotatable bonds is 3. The summed E-state index contributed by atoms with van der Waals surface area (Å²) in [7, 11) is -3.23. The lowest BCUT2D eigenvalue weighted by atomic mass is 10.2. The van der Waals surface area contributed by atoms with Gasteiger partial charge in [0.2, 0.25) is 11.7 Å². The van der Waals surface area contributed by atoms with Crippen LogP contribution in [0.2, 0.25) is 0 Å². The number of benzene rings is 1. The monoisotopic (exact) mass is 347 g/mol. The van der Waals surface area contributed by atoms with Gasteiger partial charge in [-0.3, -0.25) is 0 Å². The van der Waals surface area contributed by atoms with E-state index < -0.39 is 16.0 Å². The molecule has 3 rings (SSSR count). The first kappa shape index (κ1) is 16.9. The fraction of sp³-hybridized carbons (Fsp3) is 0.385. The lowest BCUT2D eigenvalue weighted by Crippen LogP contribution is -2.14. The molecule has 1 N–H and O–H groups in total. The molecule has 22 heavy (non-hydrogen) atoms. The first-order valence-corrected chi connectivity index (χ1v) is 8.34. The molecule has 1 aromatic carbocycles. The number of nitrogens with zero attached hydrogens (tertiary/aromatic N) is 2. The van der Waals surface area contributed by atoms with E-state index >= 15 is 0 Å². The Labute approximate surface area is 133 Å². The van der Waals surface area contributed by atoms with Crippen molar-refractivity contribution in [2.45, 2.75) is 23.5 Å². The van der Waals surface area contributed by atoms with Gasteiger partial charge in [0.05, 0.1) is 10.9 Å². The van der Waals surface area contributed by atoms with Gasteiger partial charge in [-0.25, -0.2) is 12.8 Å². The van der Waals surface area contributed by atoms with Crippen molar-refractivity contribution >= 4 is 22.2 Å². The zero-order chi connectivity index (χ0) is 15.0. The van der Waals surface area contributed by atoms with Crippen molar-refractivity contribution in [2.75, 3.05) is 12.8 Å². The van der Waals surface area contributed by atoms with E-state index in [1.54, 1.807) is 12.1 Å². The zero-order valence-electron chi connectivity index (χ0n) is 11.7. The van der Waals surface area contributed by atoms with Gasteiger partial charge in [0, 0.05) is 24.8 Å². The van der Waals surface area contributed by atoms with Gasteiger partial charge in [-0.15, -0.1) is 12.4 Å². The third-order valence-corrected chi connectivity index (χ3v) is 4.49. The smallest absolute Gasteiger partial charge is 0.244 e. The number of halogens is 2. The third kappa shape index (κ3) is 3.45. The van der Waals surface area contributed by atoms with Gasteiger partial charge in [-0.05, 0) is 24.3 Å². The maximum atomic E-state index is 13.1. The summed E-state index contributed by atoms with van der Waals surface area (Å²) < 4.78 is 41.1. The van der Waals surface area contributed by atoms with E-state index in [2.05, 4.69) is 15.5 Å². The molecule has 0 amide bonds. The number of alkyl halides is 1. The summed E-state index contributed by atoms with van der Waals surface area (Å²) in [5.74, 6) is 0.700. The summed E-state index contributed by atoms with van der Waals surface area (Å²) in [6.07, 6.45) is 0.557. The summed E-state index contributed by atoms with van der Waals surface area (Å²) in [6, 6.07) is 5.95. The van der Waals surface area contributed by atoms with E-state index in [1.165, 1.54) is 12.1 Å². The van der Waals surface area contributed by atoms with Crippen LogP contribution >= 0.6 is 12.4 Å². The molecule has 2 heterocycles. The van der Waals surface area contributed by atoms with Crippen LogP contribution in [-0.2, 0) is 9.84 Å². The lowest BCUT2D eigenvalue weighted by molar-refractivity contribution is 0.324. The van der Waals surface area contributed by atoms with E-state index in [4.69, 9.17) is 4.52 Å². The molecule has 0 aliphatic carbocycles. The standard InChI is InChI=1S/C13H14FN3O3S.ClH/c1-21(18,19)10-4-2-8(3-5-10)12-16-13(20-17-12)11-6-9(14)7-15-11;/h2-5,9,11,15H,6-7H2,1H3;1H/t9-,11+;/m0./s1. The van der Waals surface area contributed by atoms with Crippen molar-refractivity contribution in [2.24, 2.45) is 0 Å². The van der Waals surface area contributed by atoms with Crippen LogP contribution in [0.5, 0.6) is 0 Å². The van der Waals surface area contributed by atoms with Gasteiger partial charge in [-0.2, -0.15) is 4.98 Å². The molecule has 1 aromatic heterocycles. The van der Waals surface area contributed by atoms with E-state index in [9.17, 15) is 12.8 Å². The summed E-state index contributed by atoms with van der Waals surface area (Å²) in [4.78, 5) is 4.46. The highest BCUT2D eigenvalue weighted by molar-refractivity contribution is 7.90. The Bertz CT molecular complexity index is 748. The highest BCUT2D eigenvalue weighted by atomic mass is 35.5. The zero-order valence-corrected chi connectivity index (χ0v) is 13.3. The van der Waals surface area contributed by atoms with Crippen LogP contribution in [0, 0.1) is 0 Å². The molecule has 1 saturated heterocycles. The third-order valence-electron chi connectivity index (χ3n) is 3.36. The molecule has 2 atom stereocenters. The minimum Gasteiger partial charge on any atom is -0.337 e. The lowest BCUT2D eigenvalue weighted by Gasteiger charge is -2.01. The molecule has 120 valence electrons. The summed E-state index contributed by atoms with van der Waals surface area (Å²) >= 11 is 0. The van der Waals surface area contributed by atoms with Gasteiger partial charge in [-0.1, -0.05) is 5.16 Å². The molecular formula is C13H15ClFN3O3S. The van der Waals surface area contributed by atoms with E-state index in [-0.39, 0.29) is 29.9 Å². The normalized spacial score (nSPS) is 21.5. The molecule has 0 spiro atoms. The molecule has 2 aromatic rings. The molecule has 1 aliphatic rings. The minimum atomic E-state index is -3.23. The number of hydrogen-bond acceptors (Lipinski definition) is 6. The second-order valence-electron chi connectivity index (χ2n) is 5.05. The van der Waals surface area contributed by atoms with Crippen molar-refractivity contribution in [3.05, 3.63) is 30.2 Å². The Kier molecular flexibility index (Phi) is 4.84. The van der Waals surface area contributed by atoms with Gasteiger partial charge >= 0.3 is 0 Å². The fourth-order valence-electron chi connectivity index (χ4n) is 2.23. The maximum Gasteiger partial charge on any atom is 0.244 e. The topological polar surface area (TPSA) is 85.1 Å². The van der Waals surface area contributed by atoms with Crippen molar-refractivity contribution in [1.29, 1.82) is 0 Å². The fourth-order valence-corrected chi connectivity index (χ4v) is 2.86. The second-order valence-corrected chi connectivity index (χ2v) is 7.06. The number of hydrogen-bond donors (Lipinski definition) is 1. The molecule has 9 heteroatoms.